The molecule has 126 valence electrons. The van der Waals surface area contributed by atoms with Crippen LogP contribution in [0.1, 0.15) is 41.7 Å². The Morgan fingerprint density at radius 2 is 1.48 bits per heavy atom. The van der Waals surface area contributed by atoms with Crippen molar-refractivity contribution in [2.24, 2.45) is 0 Å². The van der Waals surface area contributed by atoms with Crippen LogP contribution >= 0.6 is 0 Å². The summed E-state index contributed by atoms with van der Waals surface area (Å²) in [7, 11) is 2.35. The molecular weight excluding hydrogens is 306 g/mol. The number of nitrogens with zero attached hydrogens (tertiary/aromatic N) is 1. The number of carbonyl (C=O) groups is 3. The highest BCUT2D eigenvalue weighted by atomic mass is 16.6. The third-order valence-corrected chi connectivity index (χ3v) is 2.36. The van der Waals surface area contributed by atoms with E-state index in [2.05, 4.69) is 14.5 Å². The molecule has 23 heavy (non-hydrogen) atoms. The maximum absolute atomic E-state index is 11.6. The van der Waals surface area contributed by atoms with Crippen LogP contribution in [-0.4, -0.2) is 49.3 Å². The van der Waals surface area contributed by atoms with E-state index in [1.54, 1.807) is 20.8 Å². The molecule has 0 aliphatic rings. The number of hydrogen-bond acceptors (Lipinski definition) is 8. The summed E-state index contributed by atoms with van der Waals surface area (Å²) in [5.74, 6) is -2.00. The second kappa shape index (κ2) is 7.57. The molecule has 8 heteroatoms. The molecule has 0 saturated carbocycles. The summed E-state index contributed by atoms with van der Waals surface area (Å²) in [4.78, 5) is 38.6. The maximum Gasteiger partial charge on any atom is 0.356 e. The van der Waals surface area contributed by atoms with E-state index < -0.39 is 23.5 Å². The highest BCUT2D eigenvalue weighted by Crippen LogP contribution is 2.16. The molecule has 1 aromatic rings. The van der Waals surface area contributed by atoms with E-state index in [0.717, 1.165) is 0 Å². The first kappa shape index (κ1) is 18.4. The largest absolute Gasteiger partial charge is 0.482 e. The van der Waals surface area contributed by atoms with Crippen molar-refractivity contribution in [3.63, 3.8) is 0 Å². The Hall–Kier alpha value is -2.64. The smallest absolute Gasteiger partial charge is 0.356 e. The number of ether oxygens (including phenoxy) is 4. The van der Waals surface area contributed by atoms with E-state index in [1.165, 1.54) is 26.4 Å². The number of carbonyl (C=O) groups excluding carboxylic acids is 3. The zero-order valence-corrected chi connectivity index (χ0v) is 13.7. The van der Waals surface area contributed by atoms with Crippen molar-refractivity contribution in [3.8, 4) is 5.75 Å². The number of methoxy groups -OCH3 is 2. The normalized spacial score (nSPS) is 10.7. The van der Waals surface area contributed by atoms with E-state index in [-0.39, 0.29) is 23.7 Å². The highest BCUT2D eigenvalue weighted by Gasteiger charge is 2.19. The summed E-state index contributed by atoms with van der Waals surface area (Å²) in [5, 5.41) is 0. The fourth-order valence-corrected chi connectivity index (χ4v) is 1.52. The summed E-state index contributed by atoms with van der Waals surface area (Å²) in [6.45, 7) is 4.79. The summed E-state index contributed by atoms with van der Waals surface area (Å²) in [6.07, 6.45) is 0. The number of rotatable bonds is 5. The standard InChI is InChI=1S/C15H19NO7/c1-15(2,3)23-12(17)8-22-9-6-10(13(18)20-4)16-11(7-9)14(19)21-5/h6-7H,8H2,1-5H3. The monoisotopic (exact) mass is 325 g/mol. The molecule has 0 N–H and O–H groups in total. The molecule has 0 fully saturated rings. The predicted octanol–water partition coefficient (Wildman–Crippen LogP) is 1.38. The van der Waals surface area contributed by atoms with Crippen molar-refractivity contribution in [2.45, 2.75) is 26.4 Å². The van der Waals surface area contributed by atoms with Crippen LogP contribution in [0.15, 0.2) is 12.1 Å². The van der Waals surface area contributed by atoms with Gasteiger partial charge in [-0.1, -0.05) is 0 Å². The van der Waals surface area contributed by atoms with Gasteiger partial charge in [0.1, 0.15) is 11.4 Å². The van der Waals surface area contributed by atoms with Crippen LogP contribution in [0.5, 0.6) is 5.75 Å². The van der Waals surface area contributed by atoms with Crippen LogP contribution in [0.4, 0.5) is 0 Å². The van der Waals surface area contributed by atoms with Crippen LogP contribution in [0, 0.1) is 0 Å². The van der Waals surface area contributed by atoms with E-state index >= 15 is 0 Å². The second-order valence-corrected chi connectivity index (χ2v) is 5.43. The van der Waals surface area contributed by atoms with Crippen molar-refractivity contribution in [1.29, 1.82) is 0 Å². The first-order valence-corrected chi connectivity index (χ1v) is 6.69. The van der Waals surface area contributed by atoms with Crippen molar-refractivity contribution >= 4 is 17.9 Å². The third-order valence-electron chi connectivity index (χ3n) is 2.36. The minimum absolute atomic E-state index is 0.0895. The van der Waals surface area contributed by atoms with Crippen molar-refractivity contribution in [3.05, 3.63) is 23.5 Å². The topological polar surface area (TPSA) is 101 Å². The SMILES string of the molecule is COC(=O)c1cc(OCC(=O)OC(C)(C)C)cc(C(=O)OC)n1. The van der Waals surface area contributed by atoms with Crippen LogP contribution in [0.3, 0.4) is 0 Å². The van der Waals surface area contributed by atoms with Gasteiger partial charge in [-0.3, -0.25) is 0 Å². The van der Waals surface area contributed by atoms with Gasteiger partial charge in [-0.15, -0.1) is 0 Å². The first-order chi connectivity index (χ1) is 10.7. The molecule has 1 aromatic heterocycles. The number of aromatic nitrogens is 1. The Morgan fingerprint density at radius 3 is 1.87 bits per heavy atom. The van der Waals surface area contributed by atoms with E-state index in [0.29, 0.717) is 0 Å². The fraction of sp³-hybridized carbons (Fsp3) is 0.467. The van der Waals surface area contributed by atoms with Crippen molar-refractivity contribution < 1.29 is 33.3 Å². The molecule has 0 aliphatic carbocycles. The van der Waals surface area contributed by atoms with Gasteiger partial charge in [0.15, 0.2) is 18.0 Å². The first-order valence-electron chi connectivity index (χ1n) is 6.69. The second-order valence-electron chi connectivity index (χ2n) is 5.43. The van der Waals surface area contributed by atoms with Gasteiger partial charge < -0.3 is 18.9 Å². The molecular formula is C15H19NO7. The van der Waals surface area contributed by atoms with Gasteiger partial charge in [0.05, 0.1) is 14.2 Å². The average Bonchev–Trinajstić information content (AvgIpc) is 2.49. The Morgan fingerprint density at radius 1 is 1.00 bits per heavy atom. The molecule has 0 spiro atoms. The molecule has 1 heterocycles. The molecule has 0 aliphatic heterocycles. The van der Waals surface area contributed by atoms with Gasteiger partial charge in [0, 0.05) is 12.1 Å². The van der Waals surface area contributed by atoms with Crippen LogP contribution in [-0.2, 0) is 19.0 Å². The summed E-state index contributed by atoms with van der Waals surface area (Å²) < 4.78 is 19.4. The van der Waals surface area contributed by atoms with Gasteiger partial charge in [-0.2, -0.15) is 0 Å². The maximum atomic E-state index is 11.6. The van der Waals surface area contributed by atoms with Gasteiger partial charge >= 0.3 is 17.9 Å². The lowest BCUT2D eigenvalue weighted by atomic mass is 10.2. The van der Waals surface area contributed by atoms with E-state index in [4.69, 9.17) is 9.47 Å². The Bertz CT molecular complexity index is 570. The predicted molar refractivity (Wildman–Crippen MR) is 78.3 cm³/mol. The molecule has 0 atom stereocenters. The highest BCUT2D eigenvalue weighted by molar-refractivity contribution is 5.92. The molecule has 0 unspecified atom stereocenters. The lowest BCUT2D eigenvalue weighted by Crippen LogP contribution is -2.27. The fourth-order valence-electron chi connectivity index (χ4n) is 1.52. The molecule has 0 saturated heterocycles. The Balaban J connectivity index is 2.94. The number of pyridine rings is 1. The van der Waals surface area contributed by atoms with Crippen LogP contribution in [0.2, 0.25) is 0 Å². The van der Waals surface area contributed by atoms with Gasteiger partial charge in [-0.25, -0.2) is 19.4 Å². The average molecular weight is 325 g/mol. The molecule has 0 aromatic carbocycles. The zero-order chi connectivity index (χ0) is 17.6. The Labute approximate surface area is 133 Å². The quantitative estimate of drug-likeness (QED) is 0.591. The lowest BCUT2D eigenvalue weighted by molar-refractivity contribution is -0.157. The van der Waals surface area contributed by atoms with Gasteiger partial charge in [0.25, 0.3) is 0 Å². The number of esters is 3. The van der Waals surface area contributed by atoms with Gasteiger partial charge in [0.2, 0.25) is 0 Å². The summed E-state index contributed by atoms with van der Waals surface area (Å²) in [6, 6.07) is 2.51. The molecule has 0 bridgehead atoms. The Kier molecular flexibility index (Phi) is 6.06. The van der Waals surface area contributed by atoms with Gasteiger partial charge in [-0.05, 0) is 20.8 Å². The summed E-state index contributed by atoms with van der Waals surface area (Å²) >= 11 is 0. The van der Waals surface area contributed by atoms with E-state index in [9.17, 15) is 14.4 Å². The minimum atomic E-state index is -0.752. The minimum Gasteiger partial charge on any atom is -0.482 e. The molecule has 1 rings (SSSR count). The van der Waals surface area contributed by atoms with E-state index in [1.807, 2.05) is 0 Å². The molecule has 8 nitrogen and oxygen atoms in total. The van der Waals surface area contributed by atoms with Crippen molar-refractivity contribution in [1.82, 2.24) is 4.98 Å². The van der Waals surface area contributed by atoms with Crippen LogP contribution in [0.25, 0.3) is 0 Å². The lowest BCUT2D eigenvalue weighted by Gasteiger charge is -2.19. The molecule has 0 radical (unpaired) electrons. The number of hydrogen-bond donors (Lipinski definition) is 0. The zero-order valence-electron chi connectivity index (χ0n) is 13.7. The third kappa shape index (κ3) is 5.93. The summed E-state index contributed by atoms with van der Waals surface area (Å²) in [5.41, 5.74) is -0.934. The van der Waals surface area contributed by atoms with Crippen LogP contribution < -0.4 is 4.74 Å². The molecule has 0 amide bonds. The van der Waals surface area contributed by atoms with Crippen molar-refractivity contribution in [2.75, 3.05) is 20.8 Å².